The van der Waals surface area contributed by atoms with Crippen LogP contribution in [0.2, 0.25) is 0 Å². The van der Waals surface area contributed by atoms with Crippen molar-refractivity contribution in [3.63, 3.8) is 0 Å². The van der Waals surface area contributed by atoms with E-state index in [4.69, 9.17) is 15.4 Å². The highest BCUT2D eigenvalue weighted by Crippen LogP contribution is 2.27. The van der Waals surface area contributed by atoms with Crippen LogP contribution in [0, 0.1) is 0 Å². The van der Waals surface area contributed by atoms with E-state index < -0.39 is 11.6 Å². The van der Waals surface area contributed by atoms with Gasteiger partial charge in [-0.3, -0.25) is 4.79 Å². The molecule has 140 valence electrons. The number of azide groups is 1. The molecule has 0 radical (unpaired) electrons. The van der Waals surface area contributed by atoms with Gasteiger partial charge in [0.2, 0.25) is 0 Å². The van der Waals surface area contributed by atoms with E-state index in [0.717, 1.165) is 5.69 Å². The molecule has 0 atom stereocenters. The highest BCUT2D eigenvalue weighted by molar-refractivity contribution is 5.74. The number of carboxylic acid groups (broad SMARTS) is 1. The van der Waals surface area contributed by atoms with Crippen molar-refractivity contribution in [1.82, 2.24) is 4.90 Å². The van der Waals surface area contributed by atoms with Crippen LogP contribution in [0.25, 0.3) is 10.4 Å². The molecule has 1 heterocycles. The van der Waals surface area contributed by atoms with Gasteiger partial charge in [0.05, 0.1) is 6.42 Å². The average Bonchev–Trinajstić information content (AvgIpc) is 2.55. The van der Waals surface area contributed by atoms with Gasteiger partial charge in [0, 0.05) is 42.5 Å². The van der Waals surface area contributed by atoms with Gasteiger partial charge in [0.15, 0.2) is 0 Å². The van der Waals surface area contributed by atoms with Crippen LogP contribution in [-0.4, -0.2) is 53.8 Å². The zero-order chi connectivity index (χ0) is 19.3. The van der Waals surface area contributed by atoms with E-state index >= 15 is 0 Å². The summed E-state index contributed by atoms with van der Waals surface area (Å²) in [5, 5.41) is 12.6. The van der Waals surface area contributed by atoms with Crippen LogP contribution >= 0.6 is 0 Å². The Kier molecular flexibility index (Phi) is 5.94. The van der Waals surface area contributed by atoms with Gasteiger partial charge in [-0.2, -0.15) is 0 Å². The van der Waals surface area contributed by atoms with E-state index in [0.29, 0.717) is 37.4 Å². The molecule has 0 aliphatic carbocycles. The molecule has 0 spiro atoms. The Hall–Kier alpha value is -2.93. The lowest BCUT2D eigenvalue weighted by Crippen LogP contribution is -2.50. The van der Waals surface area contributed by atoms with E-state index in [2.05, 4.69) is 14.9 Å². The topological polar surface area (TPSA) is 119 Å². The number of carbonyl (C=O) groups excluding carboxylic acids is 1. The number of carbonyl (C=O) groups is 2. The van der Waals surface area contributed by atoms with Crippen LogP contribution < -0.4 is 4.90 Å². The molecule has 1 amide bonds. The Labute approximate surface area is 151 Å². The summed E-state index contributed by atoms with van der Waals surface area (Å²) in [6.07, 6.45) is -0.553. The summed E-state index contributed by atoms with van der Waals surface area (Å²) in [6.45, 7) is 7.73. The number of carboxylic acids is 1. The van der Waals surface area contributed by atoms with Crippen molar-refractivity contribution in [1.29, 1.82) is 0 Å². The maximum atomic E-state index is 12.1. The molecule has 2 rings (SSSR count). The van der Waals surface area contributed by atoms with Gasteiger partial charge < -0.3 is 19.6 Å². The predicted molar refractivity (Wildman–Crippen MR) is 96.6 cm³/mol. The van der Waals surface area contributed by atoms with E-state index in [1.165, 1.54) is 0 Å². The summed E-state index contributed by atoms with van der Waals surface area (Å²) >= 11 is 0. The van der Waals surface area contributed by atoms with Crippen molar-refractivity contribution in [3.8, 4) is 0 Å². The van der Waals surface area contributed by atoms with Crippen LogP contribution in [-0.2, 0) is 16.0 Å². The van der Waals surface area contributed by atoms with Crippen LogP contribution in [0.4, 0.5) is 16.2 Å². The molecule has 1 aliphatic heterocycles. The maximum absolute atomic E-state index is 12.1. The van der Waals surface area contributed by atoms with Gasteiger partial charge in [-0.25, -0.2) is 4.79 Å². The van der Waals surface area contributed by atoms with Crippen molar-refractivity contribution >= 4 is 23.4 Å². The first-order chi connectivity index (χ1) is 12.2. The summed E-state index contributed by atoms with van der Waals surface area (Å²) in [5.74, 6) is -0.994. The number of piperazine rings is 1. The summed E-state index contributed by atoms with van der Waals surface area (Å²) in [6, 6.07) is 5.13. The molecule has 0 unspecified atom stereocenters. The molecule has 26 heavy (non-hydrogen) atoms. The lowest BCUT2D eigenvalue weighted by Gasteiger charge is -2.37. The summed E-state index contributed by atoms with van der Waals surface area (Å²) in [4.78, 5) is 29.6. The molecule has 0 bridgehead atoms. The first-order valence-corrected chi connectivity index (χ1v) is 8.32. The Morgan fingerprint density at radius 1 is 1.27 bits per heavy atom. The zero-order valence-corrected chi connectivity index (χ0v) is 15.2. The molecule has 1 saturated heterocycles. The van der Waals surface area contributed by atoms with Gasteiger partial charge in [-0.15, -0.1) is 0 Å². The predicted octanol–water partition coefficient (Wildman–Crippen LogP) is 3.31. The van der Waals surface area contributed by atoms with Crippen LogP contribution in [0.5, 0.6) is 0 Å². The van der Waals surface area contributed by atoms with Gasteiger partial charge in [0.25, 0.3) is 0 Å². The second-order valence-electron chi connectivity index (χ2n) is 7.03. The highest BCUT2D eigenvalue weighted by Gasteiger charge is 2.26. The molecule has 1 fully saturated rings. The molecule has 1 N–H and O–H groups in total. The lowest BCUT2D eigenvalue weighted by molar-refractivity contribution is -0.136. The molecule has 9 nitrogen and oxygen atoms in total. The number of ether oxygens (including phenoxy) is 1. The third-order valence-corrected chi connectivity index (χ3v) is 3.85. The lowest BCUT2D eigenvalue weighted by atomic mass is 10.1. The van der Waals surface area contributed by atoms with Gasteiger partial charge >= 0.3 is 12.1 Å². The Morgan fingerprint density at radius 3 is 2.46 bits per heavy atom. The number of amides is 1. The standard InChI is InChI=1S/C17H23N5O4/c1-17(2,3)26-16(25)22-8-6-21(7-9-22)13-4-5-14(19-20-18)12(10-13)11-15(23)24/h4-5,10H,6-9,11H2,1-3H3,(H,23,24). The van der Waals surface area contributed by atoms with Crippen LogP contribution in [0.15, 0.2) is 23.3 Å². The molecule has 9 heteroatoms. The van der Waals surface area contributed by atoms with Crippen molar-refractivity contribution in [3.05, 3.63) is 34.2 Å². The monoisotopic (exact) mass is 361 g/mol. The minimum Gasteiger partial charge on any atom is -0.481 e. The molecule has 0 aromatic heterocycles. The van der Waals surface area contributed by atoms with Gasteiger partial charge in [-0.1, -0.05) is 11.2 Å². The maximum Gasteiger partial charge on any atom is 0.410 e. The number of hydrogen-bond acceptors (Lipinski definition) is 5. The average molecular weight is 361 g/mol. The largest absolute Gasteiger partial charge is 0.481 e. The van der Waals surface area contributed by atoms with E-state index in [1.54, 1.807) is 23.1 Å². The fourth-order valence-corrected chi connectivity index (χ4v) is 2.69. The molecule has 1 aromatic rings. The minimum absolute atomic E-state index is 0.222. The fraction of sp³-hybridized carbons (Fsp3) is 0.529. The smallest absolute Gasteiger partial charge is 0.410 e. The zero-order valence-electron chi connectivity index (χ0n) is 15.2. The molecular weight excluding hydrogens is 338 g/mol. The number of benzene rings is 1. The summed E-state index contributed by atoms with van der Waals surface area (Å²) < 4.78 is 5.38. The molecular formula is C17H23N5O4. The first-order valence-electron chi connectivity index (χ1n) is 8.32. The Morgan fingerprint density at radius 2 is 1.92 bits per heavy atom. The fourth-order valence-electron chi connectivity index (χ4n) is 2.69. The second-order valence-corrected chi connectivity index (χ2v) is 7.03. The summed E-state index contributed by atoms with van der Waals surface area (Å²) in [5.41, 5.74) is 9.69. The van der Waals surface area contributed by atoms with Gasteiger partial charge in [-0.05, 0) is 44.0 Å². The van der Waals surface area contributed by atoms with Gasteiger partial charge in [0.1, 0.15) is 5.60 Å². The van der Waals surface area contributed by atoms with Crippen LogP contribution in [0.1, 0.15) is 26.3 Å². The molecule has 1 aliphatic rings. The third kappa shape index (κ3) is 5.29. The minimum atomic E-state index is -0.994. The number of aliphatic carboxylic acids is 1. The normalized spacial score (nSPS) is 14.6. The number of rotatable bonds is 4. The molecule has 0 saturated carbocycles. The number of nitrogens with zero attached hydrogens (tertiary/aromatic N) is 5. The van der Waals surface area contributed by atoms with Crippen molar-refractivity contribution in [2.45, 2.75) is 32.8 Å². The molecule has 1 aromatic carbocycles. The van der Waals surface area contributed by atoms with Crippen molar-refractivity contribution < 1.29 is 19.4 Å². The number of hydrogen-bond donors (Lipinski definition) is 1. The van der Waals surface area contributed by atoms with E-state index in [-0.39, 0.29) is 12.5 Å². The SMILES string of the molecule is CC(C)(C)OC(=O)N1CCN(c2ccc(N=[N+]=[N-])c(CC(=O)O)c2)CC1. The highest BCUT2D eigenvalue weighted by atomic mass is 16.6. The van der Waals surface area contributed by atoms with Crippen molar-refractivity contribution in [2.24, 2.45) is 5.11 Å². The summed E-state index contributed by atoms with van der Waals surface area (Å²) in [7, 11) is 0. The second kappa shape index (κ2) is 7.97. The third-order valence-electron chi connectivity index (χ3n) is 3.85. The first kappa shape index (κ1) is 19.4. The van der Waals surface area contributed by atoms with E-state index in [9.17, 15) is 9.59 Å². The number of anilines is 1. The van der Waals surface area contributed by atoms with Crippen molar-refractivity contribution in [2.75, 3.05) is 31.1 Å². The van der Waals surface area contributed by atoms with Crippen LogP contribution in [0.3, 0.4) is 0 Å². The Balaban J connectivity index is 2.08. The van der Waals surface area contributed by atoms with E-state index in [1.807, 2.05) is 20.8 Å². The Bertz CT molecular complexity index is 729. The quantitative estimate of drug-likeness (QED) is 0.501.